The Morgan fingerprint density at radius 1 is 1.35 bits per heavy atom. The molecule has 0 saturated carbocycles. The molecule has 3 heterocycles. The van der Waals surface area contributed by atoms with Crippen molar-refractivity contribution in [2.24, 2.45) is 13.0 Å². The van der Waals surface area contributed by atoms with Crippen molar-refractivity contribution in [3.05, 3.63) is 46.5 Å². The van der Waals surface area contributed by atoms with Gasteiger partial charge >= 0.3 is 0 Å². The van der Waals surface area contributed by atoms with Gasteiger partial charge in [0.25, 0.3) is 5.91 Å². The van der Waals surface area contributed by atoms with E-state index in [2.05, 4.69) is 29.1 Å². The van der Waals surface area contributed by atoms with Gasteiger partial charge in [-0.1, -0.05) is 19.9 Å². The van der Waals surface area contributed by atoms with Gasteiger partial charge in [0.1, 0.15) is 11.3 Å². The summed E-state index contributed by atoms with van der Waals surface area (Å²) in [6.45, 7) is 4.29. The molecular weight excluding hydrogens is 308 g/mol. The van der Waals surface area contributed by atoms with Gasteiger partial charge in [-0.25, -0.2) is 9.97 Å². The van der Waals surface area contributed by atoms with Crippen LogP contribution in [0.1, 0.15) is 41.8 Å². The van der Waals surface area contributed by atoms with Crippen molar-refractivity contribution in [3.63, 3.8) is 0 Å². The zero-order valence-corrected chi connectivity index (χ0v) is 14.3. The van der Waals surface area contributed by atoms with Gasteiger partial charge in [0.15, 0.2) is 5.65 Å². The number of amides is 1. The summed E-state index contributed by atoms with van der Waals surface area (Å²) in [4.78, 5) is 22.2. The van der Waals surface area contributed by atoms with Crippen LogP contribution in [-0.2, 0) is 7.05 Å². The number of imidazole rings is 1. The standard InChI is InChI=1S/C17H20N4OS/c1-11(2)10-13(20-17(22)14-7-5-9-23-14)16-19-12-6-4-8-18-15(12)21(16)3/h4-9,11,13H,10H2,1-3H3,(H,20,22)/t13-/m0/s1. The summed E-state index contributed by atoms with van der Waals surface area (Å²) < 4.78 is 1.97. The number of hydrogen-bond donors (Lipinski definition) is 1. The molecule has 0 aliphatic heterocycles. The highest BCUT2D eigenvalue weighted by molar-refractivity contribution is 7.12. The summed E-state index contributed by atoms with van der Waals surface area (Å²) in [6.07, 6.45) is 2.59. The SMILES string of the molecule is CC(C)C[C@H](NC(=O)c1cccs1)c1nc2cccnc2n1C. The van der Waals surface area contributed by atoms with Crippen molar-refractivity contribution < 1.29 is 4.79 Å². The van der Waals surface area contributed by atoms with Crippen molar-refractivity contribution >= 4 is 28.4 Å². The van der Waals surface area contributed by atoms with Crippen molar-refractivity contribution in [1.29, 1.82) is 0 Å². The second-order valence-electron chi connectivity index (χ2n) is 6.01. The zero-order chi connectivity index (χ0) is 16.4. The fourth-order valence-corrected chi connectivity index (χ4v) is 3.32. The third kappa shape index (κ3) is 3.27. The molecule has 0 fully saturated rings. The number of nitrogens with zero attached hydrogens (tertiary/aromatic N) is 3. The Labute approximate surface area is 139 Å². The molecule has 0 aromatic carbocycles. The largest absolute Gasteiger partial charge is 0.341 e. The highest BCUT2D eigenvalue weighted by Crippen LogP contribution is 2.24. The third-order valence-corrected chi connectivity index (χ3v) is 4.60. The molecule has 23 heavy (non-hydrogen) atoms. The van der Waals surface area contributed by atoms with Crippen LogP contribution in [0.15, 0.2) is 35.8 Å². The number of rotatable bonds is 5. The Balaban J connectivity index is 1.94. The Kier molecular flexibility index (Phi) is 4.43. The number of carbonyl (C=O) groups excluding carboxylic acids is 1. The Morgan fingerprint density at radius 3 is 2.83 bits per heavy atom. The first kappa shape index (κ1) is 15.7. The molecule has 3 aromatic rings. The van der Waals surface area contributed by atoms with Crippen LogP contribution >= 0.6 is 11.3 Å². The Morgan fingerprint density at radius 2 is 2.17 bits per heavy atom. The monoisotopic (exact) mass is 328 g/mol. The number of aromatic nitrogens is 3. The van der Waals surface area contributed by atoms with E-state index in [0.29, 0.717) is 5.92 Å². The lowest BCUT2D eigenvalue weighted by molar-refractivity contribution is 0.0933. The van der Waals surface area contributed by atoms with E-state index in [9.17, 15) is 4.79 Å². The Bertz CT molecular complexity index is 807. The van der Waals surface area contributed by atoms with E-state index in [0.717, 1.165) is 28.3 Å². The van der Waals surface area contributed by atoms with Gasteiger partial charge in [-0.2, -0.15) is 0 Å². The molecule has 0 saturated heterocycles. The van der Waals surface area contributed by atoms with Gasteiger partial charge in [-0.15, -0.1) is 11.3 Å². The lowest BCUT2D eigenvalue weighted by atomic mass is 10.0. The van der Waals surface area contributed by atoms with Crippen LogP contribution < -0.4 is 5.32 Å². The quantitative estimate of drug-likeness (QED) is 0.779. The number of thiophene rings is 1. The molecule has 0 bridgehead atoms. The number of fused-ring (bicyclic) bond motifs is 1. The summed E-state index contributed by atoms with van der Waals surface area (Å²) in [5.74, 6) is 1.24. The molecule has 3 aromatic heterocycles. The van der Waals surface area contributed by atoms with E-state index in [1.807, 2.05) is 41.3 Å². The average molecular weight is 328 g/mol. The molecule has 0 unspecified atom stereocenters. The van der Waals surface area contributed by atoms with Crippen LogP contribution in [0, 0.1) is 5.92 Å². The molecule has 0 aliphatic rings. The van der Waals surface area contributed by atoms with E-state index in [4.69, 9.17) is 0 Å². The molecule has 1 N–H and O–H groups in total. The van der Waals surface area contributed by atoms with Gasteiger partial charge in [0.05, 0.1) is 10.9 Å². The molecule has 1 amide bonds. The first-order chi connectivity index (χ1) is 11.1. The maximum atomic E-state index is 12.4. The lowest BCUT2D eigenvalue weighted by Crippen LogP contribution is -2.30. The zero-order valence-electron chi connectivity index (χ0n) is 13.5. The first-order valence-corrected chi connectivity index (χ1v) is 8.56. The number of hydrogen-bond acceptors (Lipinski definition) is 4. The van der Waals surface area contributed by atoms with Crippen molar-refractivity contribution in [2.45, 2.75) is 26.3 Å². The minimum atomic E-state index is -0.135. The van der Waals surface area contributed by atoms with Gasteiger partial charge in [-0.05, 0) is 35.9 Å². The van der Waals surface area contributed by atoms with E-state index in [1.165, 1.54) is 11.3 Å². The normalized spacial score (nSPS) is 12.7. The molecule has 0 radical (unpaired) electrons. The molecule has 5 nitrogen and oxygen atoms in total. The molecular formula is C17H20N4OS. The molecule has 6 heteroatoms. The van der Waals surface area contributed by atoms with Crippen LogP contribution in [0.2, 0.25) is 0 Å². The van der Waals surface area contributed by atoms with E-state index >= 15 is 0 Å². The summed E-state index contributed by atoms with van der Waals surface area (Å²) in [6, 6.07) is 7.41. The van der Waals surface area contributed by atoms with Crippen molar-refractivity contribution in [3.8, 4) is 0 Å². The van der Waals surface area contributed by atoms with Gasteiger partial charge in [-0.3, -0.25) is 4.79 Å². The van der Waals surface area contributed by atoms with Crippen LogP contribution in [0.4, 0.5) is 0 Å². The predicted molar refractivity (Wildman–Crippen MR) is 92.5 cm³/mol. The number of carbonyl (C=O) groups is 1. The lowest BCUT2D eigenvalue weighted by Gasteiger charge is -2.20. The highest BCUT2D eigenvalue weighted by atomic mass is 32.1. The fourth-order valence-electron chi connectivity index (χ4n) is 2.69. The molecule has 0 aliphatic carbocycles. The number of nitrogens with one attached hydrogen (secondary N) is 1. The first-order valence-electron chi connectivity index (χ1n) is 7.68. The second-order valence-corrected chi connectivity index (χ2v) is 6.96. The van der Waals surface area contributed by atoms with E-state index < -0.39 is 0 Å². The summed E-state index contributed by atoms with van der Waals surface area (Å²) in [5, 5.41) is 5.04. The minimum absolute atomic E-state index is 0.0503. The van der Waals surface area contributed by atoms with Gasteiger partial charge < -0.3 is 9.88 Å². The van der Waals surface area contributed by atoms with Crippen molar-refractivity contribution in [2.75, 3.05) is 0 Å². The fraction of sp³-hybridized carbons (Fsp3) is 0.353. The summed E-state index contributed by atoms with van der Waals surface area (Å²) >= 11 is 1.44. The summed E-state index contributed by atoms with van der Waals surface area (Å²) in [5.41, 5.74) is 1.69. The maximum Gasteiger partial charge on any atom is 0.261 e. The smallest absolute Gasteiger partial charge is 0.261 e. The molecule has 120 valence electrons. The third-order valence-electron chi connectivity index (χ3n) is 3.73. The average Bonchev–Trinajstić information content (AvgIpc) is 3.15. The molecule has 1 atom stereocenters. The van der Waals surface area contributed by atoms with E-state index in [-0.39, 0.29) is 11.9 Å². The highest BCUT2D eigenvalue weighted by Gasteiger charge is 2.23. The minimum Gasteiger partial charge on any atom is -0.341 e. The van der Waals surface area contributed by atoms with Crippen LogP contribution in [0.3, 0.4) is 0 Å². The van der Waals surface area contributed by atoms with Crippen LogP contribution in [-0.4, -0.2) is 20.4 Å². The van der Waals surface area contributed by atoms with Crippen molar-refractivity contribution in [1.82, 2.24) is 19.9 Å². The Hall–Kier alpha value is -2.21. The molecule has 3 rings (SSSR count). The topological polar surface area (TPSA) is 59.8 Å². The van der Waals surface area contributed by atoms with Crippen LogP contribution in [0.25, 0.3) is 11.2 Å². The number of pyridine rings is 1. The summed E-state index contributed by atoms with van der Waals surface area (Å²) in [7, 11) is 1.95. The predicted octanol–water partition coefficient (Wildman–Crippen LogP) is 3.55. The second kappa shape index (κ2) is 6.50. The van der Waals surface area contributed by atoms with Crippen LogP contribution in [0.5, 0.6) is 0 Å². The molecule has 0 spiro atoms. The van der Waals surface area contributed by atoms with Gasteiger partial charge in [0, 0.05) is 13.2 Å². The van der Waals surface area contributed by atoms with Gasteiger partial charge in [0.2, 0.25) is 0 Å². The number of aryl methyl sites for hydroxylation is 1. The van der Waals surface area contributed by atoms with E-state index in [1.54, 1.807) is 6.20 Å². The maximum absolute atomic E-state index is 12.4.